The monoisotopic (exact) mass is 320 g/mol. The summed E-state index contributed by atoms with van der Waals surface area (Å²) in [4.78, 5) is 12.5. The van der Waals surface area contributed by atoms with E-state index < -0.39 is 0 Å². The van der Waals surface area contributed by atoms with Crippen LogP contribution in [-0.2, 0) is 13.0 Å². The Morgan fingerprint density at radius 2 is 1.95 bits per heavy atom. The molecule has 2 rings (SSSR count). The third-order valence-corrected chi connectivity index (χ3v) is 3.65. The number of hydrogen-bond donors (Lipinski definition) is 0. The Morgan fingerprint density at radius 1 is 1.26 bits per heavy atom. The SMILES string of the molecule is CCCn1ncc(Br)c1C(=O)c1ccc(CC)cc1. The number of aryl methyl sites for hydroxylation is 2. The fourth-order valence-corrected chi connectivity index (χ4v) is 2.47. The van der Waals surface area contributed by atoms with Crippen molar-refractivity contribution in [2.45, 2.75) is 33.2 Å². The van der Waals surface area contributed by atoms with Gasteiger partial charge in [-0.05, 0) is 34.3 Å². The van der Waals surface area contributed by atoms with E-state index in [1.165, 1.54) is 5.56 Å². The van der Waals surface area contributed by atoms with Gasteiger partial charge in [0.1, 0.15) is 5.69 Å². The lowest BCUT2D eigenvalue weighted by molar-refractivity contribution is 0.102. The smallest absolute Gasteiger partial charge is 0.212 e. The standard InChI is InChI=1S/C15H17BrN2O/c1-3-9-18-14(13(16)10-17-18)15(19)12-7-5-11(4-2)6-8-12/h5-8,10H,3-4,9H2,1-2H3. The van der Waals surface area contributed by atoms with Crippen molar-refractivity contribution in [3.63, 3.8) is 0 Å². The van der Waals surface area contributed by atoms with Crippen LogP contribution in [0.4, 0.5) is 0 Å². The van der Waals surface area contributed by atoms with Crippen LogP contribution >= 0.6 is 15.9 Å². The second-order valence-electron chi connectivity index (χ2n) is 4.44. The normalized spacial score (nSPS) is 10.7. The number of benzene rings is 1. The first kappa shape index (κ1) is 14.0. The average Bonchev–Trinajstić information content (AvgIpc) is 2.80. The summed E-state index contributed by atoms with van der Waals surface area (Å²) in [7, 11) is 0. The van der Waals surface area contributed by atoms with E-state index in [1.807, 2.05) is 24.3 Å². The number of carbonyl (C=O) groups is 1. The molecular formula is C15H17BrN2O. The van der Waals surface area contributed by atoms with Gasteiger partial charge in [0.15, 0.2) is 0 Å². The first-order valence-electron chi connectivity index (χ1n) is 6.52. The van der Waals surface area contributed by atoms with Gasteiger partial charge in [-0.25, -0.2) is 0 Å². The van der Waals surface area contributed by atoms with E-state index in [0.29, 0.717) is 11.3 Å². The van der Waals surface area contributed by atoms with Gasteiger partial charge in [-0.3, -0.25) is 9.48 Å². The molecule has 0 unspecified atom stereocenters. The molecule has 0 aliphatic rings. The minimum absolute atomic E-state index is 0.0143. The van der Waals surface area contributed by atoms with Crippen LogP contribution in [0.3, 0.4) is 0 Å². The number of aromatic nitrogens is 2. The maximum Gasteiger partial charge on any atom is 0.212 e. The maximum atomic E-state index is 12.5. The van der Waals surface area contributed by atoms with Crippen LogP contribution in [0, 0.1) is 0 Å². The molecule has 100 valence electrons. The Bertz CT molecular complexity index is 572. The second kappa shape index (κ2) is 6.15. The van der Waals surface area contributed by atoms with Crippen molar-refractivity contribution in [3.8, 4) is 0 Å². The van der Waals surface area contributed by atoms with Gasteiger partial charge in [0.25, 0.3) is 0 Å². The molecule has 1 aromatic carbocycles. The minimum Gasteiger partial charge on any atom is -0.287 e. The largest absolute Gasteiger partial charge is 0.287 e. The summed E-state index contributed by atoms with van der Waals surface area (Å²) in [5.74, 6) is 0.0143. The summed E-state index contributed by atoms with van der Waals surface area (Å²) in [6.07, 6.45) is 3.61. The first-order chi connectivity index (χ1) is 9.17. The quantitative estimate of drug-likeness (QED) is 0.784. The lowest BCUT2D eigenvalue weighted by atomic mass is 10.0. The molecule has 0 bridgehead atoms. The number of carbonyl (C=O) groups excluding carboxylic acids is 1. The van der Waals surface area contributed by atoms with Crippen LogP contribution in [0.25, 0.3) is 0 Å². The molecule has 0 aliphatic carbocycles. The van der Waals surface area contributed by atoms with E-state index in [4.69, 9.17) is 0 Å². The molecule has 1 heterocycles. The van der Waals surface area contributed by atoms with Crippen LogP contribution in [0.5, 0.6) is 0 Å². The van der Waals surface area contributed by atoms with E-state index in [1.54, 1.807) is 10.9 Å². The summed E-state index contributed by atoms with van der Waals surface area (Å²) >= 11 is 3.41. The first-order valence-corrected chi connectivity index (χ1v) is 7.31. The molecule has 0 N–H and O–H groups in total. The summed E-state index contributed by atoms with van der Waals surface area (Å²) in [5, 5.41) is 4.23. The fraction of sp³-hybridized carbons (Fsp3) is 0.333. The van der Waals surface area contributed by atoms with Gasteiger partial charge >= 0.3 is 0 Å². The zero-order valence-electron chi connectivity index (χ0n) is 11.2. The molecule has 1 aromatic heterocycles. The third-order valence-electron chi connectivity index (χ3n) is 3.07. The van der Waals surface area contributed by atoms with Crippen molar-refractivity contribution in [3.05, 3.63) is 51.8 Å². The lowest BCUT2D eigenvalue weighted by Gasteiger charge is -2.06. The van der Waals surface area contributed by atoms with Crippen LogP contribution in [0.15, 0.2) is 34.9 Å². The van der Waals surface area contributed by atoms with Gasteiger partial charge in [-0.1, -0.05) is 38.1 Å². The molecule has 0 spiro atoms. The van der Waals surface area contributed by atoms with Crippen LogP contribution < -0.4 is 0 Å². The summed E-state index contributed by atoms with van der Waals surface area (Å²) in [6.45, 7) is 4.92. The van der Waals surface area contributed by atoms with E-state index in [0.717, 1.165) is 23.9 Å². The van der Waals surface area contributed by atoms with E-state index in [-0.39, 0.29) is 5.78 Å². The Hall–Kier alpha value is -1.42. The Labute approximate surface area is 121 Å². The van der Waals surface area contributed by atoms with Crippen LogP contribution in [0.1, 0.15) is 41.9 Å². The van der Waals surface area contributed by atoms with Gasteiger partial charge in [-0.15, -0.1) is 0 Å². The zero-order valence-corrected chi connectivity index (χ0v) is 12.8. The fourth-order valence-electron chi connectivity index (χ4n) is 2.00. The Balaban J connectivity index is 2.34. The number of nitrogens with zero attached hydrogens (tertiary/aromatic N) is 2. The topological polar surface area (TPSA) is 34.9 Å². The predicted molar refractivity (Wildman–Crippen MR) is 79.5 cm³/mol. The van der Waals surface area contributed by atoms with Gasteiger partial charge in [0, 0.05) is 12.1 Å². The van der Waals surface area contributed by atoms with Crippen LogP contribution in [-0.4, -0.2) is 15.6 Å². The van der Waals surface area contributed by atoms with Crippen molar-refractivity contribution >= 4 is 21.7 Å². The molecule has 0 atom stereocenters. The molecular weight excluding hydrogens is 304 g/mol. The van der Waals surface area contributed by atoms with Gasteiger partial charge in [0.05, 0.1) is 10.7 Å². The lowest BCUT2D eigenvalue weighted by Crippen LogP contribution is -2.12. The van der Waals surface area contributed by atoms with Crippen LogP contribution in [0.2, 0.25) is 0 Å². The molecule has 0 fully saturated rings. The van der Waals surface area contributed by atoms with E-state index in [9.17, 15) is 4.79 Å². The number of halogens is 1. The molecule has 4 heteroatoms. The van der Waals surface area contributed by atoms with Gasteiger partial charge in [0.2, 0.25) is 5.78 Å². The third kappa shape index (κ3) is 2.95. The highest BCUT2D eigenvalue weighted by atomic mass is 79.9. The Morgan fingerprint density at radius 3 is 2.53 bits per heavy atom. The predicted octanol–water partition coefficient (Wildman–Crippen LogP) is 3.85. The highest BCUT2D eigenvalue weighted by Crippen LogP contribution is 2.20. The summed E-state index contributed by atoms with van der Waals surface area (Å²) in [5.41, 5.74) is 2.57. The molecule has 0 saturated carbocycles. The van der Waals surface area contributed by atoms with Crippen molar-refractivity contribution in [1.29, 1.82) is 0 Å². The Kier molecular flexibility index (Phi) is 4.53. The van der Waals surface area contributed by atoms with Crippen molar-refractivity contribution < 1.29 is 4.79 Å². The van der Waals surface area contributed by atoms with Gasteiger partial charge < -0.3 is 0 Å². The minimum atomic E-state index is 0.0143. The summed E-state index contributed by atoms with van der Waals surface area (Å²) in [6, 6.07) is 7.77. The molecule has 0 aliphatic heterocycles. The van der Waals surface area contributed by atoms with Gasteiger partial charge in [-0.2, -0.15) is 5.10 Å². The van der Waals surface area contributed by atoms with E-state index in [2.05, 4.69) is 34.9 Å². The second-order valence-corrected chi connectivity index (χ2v) is 5.30. The summed E-state index contributed by atoms with van der Waals surface area (Å²) < 4.78 is 2.52. The van der Waals surface area contributed by atoms with Crippen molar-refractivity contribution in [1.82, 2.24) is 9.78 Å². The molecule has 3 nitrogen and oxygen atoms in total. The van der Waals surface area contributed by atoms with Crippen molar-refractivity contribution in [2.24, 2.45) is 0 Å². The highest BCUT2D eigenvalue weighted by Gasteiger charge is 2.18. The molecule has 19 heavy (non-hydrogen) atoms. The molecule has 2 aromatic rings. The maximum absolute atomic E-state index is 12.5. The van der Waals surface area contributed by atoms with E-state index >= 15 is 0 Å². The highest BCUT2D eigenvalue weighted by molar-refractivity contribution is 9.10. The number of ketones is 1. The average molecular weight is 321 g/mol. The number of rotatable bonds is 5. The molecule has 0 radical (unpaired) electrons. The number of hydrogen-bond acceptors (Lipinski definition) is 2. The zero-order chi connectivity index (χ0) is 13.8. The molecule has 0 saturated heterocycles. The van der Waals surface area contributed by atoms with Crippen molar-refractivity contribution in [2.75, 3.05) is 0 Å². The molecule has 0 amide bonds.